The lowest BCUT2D eigenvalue weighted by Gasteiger charge is -2.20. The van der Waals surface area contributed by atoms with Crippen LogP contribution in [0.5, 0.6) is 5.75 Å². The predicted octanol–water partition coefficient (Wildman–Crippen LogP) is 2.82. The Bertz CT molecular complexity index is 426. The topological polar surface area (TPSA) is 41.6 Å². The largest absolute Gasteiger partial charge is 0.497 e. The number of hydrogen-bond acceptors (Lipinski definition) is 2. The van der Waals surface area contributed by atoms with E-state index in [0.717, 1.165) is 38.1 Å². The lowest BCUT2D eigenvalue weighted by atomic mass is 10.1. The van der Waals surface area contributed by atoms with Gasteiger partial charge in [-0.1, -0.05) is 25.0 Å². The van der Waals surface area contributed by atoms with Crippen molar-refractivity contribution in [1.29, 1.82) is 0 Å². The molecule has 1 N–H and O–H groups in total. The number of amides is 2. The fourth-order valence-electron chi connectivity index (χ4n) is 2.53. The van der Waals surface area contributed by atoms with E-state index in [1.54, 1.807) is 7.11 Å². The maximum Gasteiger partial charge on any atom is 0.317 e. The standard InChI is InChI=1S/C16H24N2O2/c1-20-15-8-6-7-14(13-15)9-10-17-16(19)18-11-4-2-3-5-12-18/h6-8,13H,2-5,9-12H2,1H3,(H,17,19). The van der Waals surface area contributed by atoms with E-state index in [0.29, 0.717) is 6.54 Å². The van der Waals surface area contributed by atoms with Crippen molar-refractivity contribution in [2.24, 2.45) is 0 Å². The van der Waals surface area contributed by atoms with Crippen molar-refractivity contribution in [3.05, 3.63) is 29.8 Å². The molecule has 2 rings (SSSR count). The summed E-state index contributed by atoms with van der Waals surface area (Å²) in [6.45, 7) is 2.46. The van der Waals surface area contributed by atoms with Gasteiger partial charge >= 0.3 is 6.03 Å². The molecule has 20 heavy (non-hydrogen) atoms. The first-order valence-electron chi connectivity index (χ1n) is 7.45. The fourth-order valence-corrected chi connectivity index (χ4v) is 2.53. The molecule has 0 spiro atoms. The summed E-state index contributed by atoms with van der Waals surface area (Å²) < 4.78 is 5.20. The molecule has 110 valence electrons. The average Bonchev–Trinajstić information content (AvgIpc) is 2.76. The summed E-state index contributed by atoms with van der Waals surface area (Å²) in [6, 6.07) is 8.05. The SMILES string of the molecule is COc1cccc(CCNC(=O)N2CCCCCC2)c1. The minimum atomic E-state index is 0.0785. The summed E-state index contributed by atoms with van der Waals surface area (Å²) in [4.78, 5) is 14.0. The molecule has 1 aromatic rings. The van der Waals surface area contributed by atoms with Crippen molar-refractivity contribution < 1.29 is 9.53 Å². The summed E-state index contributed by atoms with van der Waals surface area (Å²) in [5.41, 5.74) is 1.18. The Kier molecular flexibility index (Phi) is 5.71. The van der Waals surface area contributed by atoms with Gasteiger partial charge in [0.1, 0.15) is 5.75 Å². The number of likely N-dealkylation sites (tertiary alicyclic amines) is 1. The zero-order chi connectivity index (χ0) is 14.2. The van der Waals surface area contributed by atoms with E-state index in [1.807, 2.05) is 23.1 Å². The van der Waals surface area contributed by atoms with E-state index in [1.165, 1.54) is 18.4 Å². The van der Waals surface area contributed by atoms with Crippen molar-refractivity contribution >= 4 is 6.03 Å². The van der Waals surface area contributed by atoms with Crippen molar-refractivity contribution in [2.45, 2.75) is 32.1 Å². The van der Waals surface area contributed by atoms with Gasteiger partial charge < -0.3 is 15.0 Å². The van der Waals surface area contributed by atoms with Gasteiger partial charge in [0, 0.05) is 19.6 Å². The van der Waals surface area contributed by atoms with Crippen LogP contribution in [0.4, 0.5) is 4.79 Å². The first-order valence-corrected chi connectivity index (χ1v) is 7.45. The Hall–Kier alpha value is -1.71. The van der Waals surface area contributed by atoms with Gasteiger partial charge in [0.15, 0.2) is 0 Å². The molecule has 1 aliphatic heterocycles. The molecule has 0 saturated carbocycles. The number of carbonyl (C=O) groups excluding carboxylic acids is 1. The number of ether oxygens (including phenoxy) is 1. The second kappa shape index (κ2) is 7.78. The summed E-state index contributed by atoms with van der Waals surface area (Å²) in [5, 5.41) is 3.01. The molecule has 1 saturated heterocycles. The van der Waals surface area contributed by atoms with Crippen molar-refractivity contribution in [3.63, 3.8) is 0 Å². The third-order valence-electron chi connectivity index (χ3n) is 3.72. The molecule has 1 heterocycles. The van der Waals surface area contributed by atoms with Gasteiger partial charge in [-0.05, 0) is 37.0 Å². The molecule has 4 heteroatoms. The van der Waals surface area contributed by atoms with Gasteiger partial charge in [-0.25, -0.2) is 4.79 Å². The molecule has 0 aromatic heterocycles. The lowest BCUT2D eigenvalue weighted by molar-refractivity contribution is 0.200. The van der Waals surface area contributed by atoms with E-state index >= 15 is 0 Å². The van der Waals surface area contributed by atoms with E-state index in [2.05, 4.69) is 11.4 Å². The Morgan fingerprint density at radius 1 is 1.25 bits per heavy atom. The zero-order valence-corrected chi connectivity index (χ0v) is 12.2. The van der Waals surface area contributed by atoms with Crippen LogP contribution < -0.4 is 10.1 Å². The van der Waals surface area contributed by atoms with Gasteiger partial charge in [0.05, 0.1) is 7.11 Å². The highest BCUT2D eigenvalue weighted by molar-refractivity contribution is 5.74. The van der Waals surface area contributed by atoms with E-state index in [9.17, 15) is 4.79 Å². The maximum atomic E-state index is 12.1. The first-order chi connectivity index (χ1) is 9.79. The maximum absolute atomic E-state index is 12.1. The fraction of sp³-hybridized carbons (Fsp3) is 0.562. The van der Waals surface area contributed by atoms with Crippen molar-refractivity contribution in [1.82, 2.24) is 10.2 Å². The molecule has 0 atom stereocenters. The number of nitrogens with zero attached hydrogens (tertiary/aromatic N) is 1. The molecule has 1 fully saturated rings. The molecule has 4 nitrogen and oxygen atoms in total. The van der Waals surface area contributed by atoms with Gasteiger partial charge in [0.25, 0.3) is 0 Å². The Morgan fingerprint density at radius 2 is 2.00 bits per heavy atom. The Labute approximate surface area is 121 Å². The van der Waals surface area contributed by atoms with Crippen LogP contribution in [0.3, 0.4) is 0 Å². The van der Waals surface area contributed by atoms with Crippen LogP contribution in [0.25, 0.3) is 0 Å². The Morgan fingerprint density at radius 3 is 2.70 bits per heavy atom. The number of carbonyl (C=O) groups is 1. The summed E-state index contributed by atoms with van der Waals surface area (Å²) in [6.07, 6.45) is 5.57. The van der Waals surface area contributed by atoms with Crippen LogP contribution in [0.2, 0.25) is 0 Å². The summed E-state index contributed by atoms with van der Waals surface area (Å²) in [7, 11) is 1.67. The third-order valence-corrected chi connectivity index (χ3v) is 3.72. The van der Waals surface area contributed by atoms with Crippen LogP contribution >= 0.6 is 0 Å². The first kappa shape index (κ1) is 14.7. The number of benzene rings is 1. The number of hydrogen-bond donors (Lipinski definition) is 1. The molecular weight excluding hydrogens is 252 g/mol. The molecule has 0 bridgehead atoms. The summed E-state index contributed by atoms with van der Waals surface area (Å²) in [5.74, 6) is 0.862. The summed E-state index contributed by atoms with van der Waals surface area (Å²) >= 11 is 0. The predicted molar refractivity (Wildman–Crippen MR) is 80.1 cm³/mol. The minimum absolute atomic E-state index is 0.0785. The highest BCUT2D eigenvalue weighted by Gasteiger charge is 2.14. The van der Waals surface area contributed by atoms with E-state index in [4.69, 9.17) is 4.74 Å². The number of nitrogens with one attached hydrogen (secondary N) is 1. The molecule has 1 aromatic carbocycles. The highest BCUT2D eigenvalue weighted by atomic mass is 16.5. The van der Waals surface area contributed by atoms with Gasteiger partial charge in [0.2, 0.25) is 0 Å². The Balaban J connectivity index is 1.75. The van der Waals surface area contributed by atoms with Crippen molar-refractivity contribution in [2.75, 3.05) is 26.7 Å². The molecule has 0 unspecified atom stereocenters. The molecule has 0 radical (unpaired) electrons. The quantitative estimate of drug-likeness (QED) is 0.918. The average molecular weight is 276 g/mol. The molecule has 2 amide bonds. The second-order valence-electron chi connectivity index (χ2n) is 5.23. The van der Waals surface area contributed by atoms with E-state index < -0.39 is 0 Å². The molecule has 1 aliphatic rings. The normalized spacial score (nSPS) is 15.6. The molecule has 0 aliphatic carbocycles. The van der Waals surface area contributed by atoms with E-state index in [-0.39, 0.29) is 6.03 Å². The third kappa shape index (κ3) is 4.44. The highest BCUT2D eigenvalue weighted by Crippen LogP contribution is 2.13. The lowest BCUT2D eigenvalue weighted by Crippen LogP contribution is -2.41. The van der Waals surface area contributed by atoms with Crippen LogP contribution in [0.1, 0.15) is 31.2 Å². The molecular formula is C16H24N2O2. The van der Waals surface area contributed by atoms with Crippen LogP contribution in [-0.4, -0.2) is 37.7 Å². The number of rotatable bonds is 4. The minimum Gasteiger partial charge on any atom is -0.497 e. The van der Waals surface area contributed by atoms with Gasteiger partial charge in [-0.3, -0.25) is 0 Å². The second-order valence-corrected chi connectivity index (χ2v) is 5.23. The van der Waals surface area contributed by atoms with Crippen LogP contribution in [0, 0.1) is 0 Å². The number of methoxy groups -OCH3 is 1. The van der Waals surface area contributed by atoms with Crippen LogP contribution in [-0.2, 0) is 6.42 Å². The number of urea groups is 1. The van der Waals surface area contributed by atoms with Crippen molar-refractivity contribution in [3.8, 4) is 5.75 Å². The smallest absolute Gasteiger partial charge is 0.317 e. The zero-order valence-electron chi connectivity index (χ0n) is 12.2. The van der Waals surface area contributed by atoms with Gasteiger partial charge in [-0.2, -0.15) is 0 Å². The monoisotopic (exact) mass is 276 g/mol. The van der Waals surface area contributed by atoms with Gasteiger partial charge in [-0.15, -0.1) is 0 Å². The van der Waals surface area contributed by atoms with Crippen LogP contribution in [0.15, 0.2) is 24.3 Å².